The maximum absolute atomic E-state index is 11.8. The lowest BCUT2D eigenvalue weighted by atomic mass is 10.0. The van der Waals surface area contributed by atoms with Gasteiger partial charge in [0, 0.05) is 12.7 Å². The van der Waals surface area contributed by atoms with Gasteiger partial charge in [-0.15, -0.1) is 0 Å². The number of ether oxygens (including phenoxy) is 2. The fourth-order valence-electron chi connectivity index (χ4n) is 2.05. The first-order valence-electron chi connectivity index (χ1n) is 7.14. The highest BCUT2D eigenvalue weighted by Crippen LogP contribution is 2.11. The first kappa shape index (κ1) is 17.2. The number of H-pyrrole nitrogens is 1. The molecule has 1 atom stereocenters. The first-order valence-corrected chi connectivity index (χ1v) is 7.14. The van der Waals surface area contributed by atoms with E-state index in [2.05, 4.69) is 10.3 Å². The lowest BCUT2D eigenvalue weighted by Crippen LogP contribution is -2.38. The summed E-state index contributed by atoms with van der Waals surface area (Å²) in [4.78, 5) is 26.4. The average molecular weight is 296 g/mol. The summed E-state index contributed by atoms with van der Waals surface area (Å²) in [5.74, 6) is -0.327. The van der Waals surface area contributed by atoms with Crippen molar-refractivity contribution in [3.63, 3.8) is 0 Å². The third-order valence-electron chi connectivity index (χ3n) is 3.04. The number of hydrogen-bond acceptors (Lipinski definition) is 5. The number of carbonyl (C=O) groups excluding carboxylic acids is 2. The molecule has 0 aliphatic heterocycles. The highest BCUT2D eigenvalue weighted by Gasteiger charge is 2.21. The number of methoxy groups -OCH3 is 1. The minimum atomic E-state index is -0.391. The van der Waals surface area contributed by atoms with E-state index in [-0.39, 0.29) is 12.0 Å². The average Bonchev–Trinajstić information content (AvgIpc) is 2.91. The molecule has 2 N–H and O–H groups in total. The van der Waals surface area contributed by atoms with Gasteiger partial charge in [-0.05, 0) is 30.9 Å². The topological polar surface area (TPSA) is 80.4 Å². The molecule has 6 nitrogen and oxygen atoms in total. The molecule has 1 aromatic heterocycles. The van der Waals surface area contributed by atoms with E-state index < -0.39 is 5.97 Å². The van der Waals surface area contributed by atoms with Crippen LogP contribution in [0, 0.1) is 5.92 Å². The van der Waals surface area contributed by atoms with Gasteiger partial charge in [-0.3, -0.25) is 4.79 Å². The van der Waals surface area contributed by atoms with E-state index in [0.29, 0.717) is 31.2 Å². The summed E-state index contributed by atoms with van der Waals surface area (Å²) < 4.78 is 9.78. The van der Waals surface area contributed by atoms with Crippen molar-refractivity contribution < 1.29 is 19.1 Å². The molecule has 0 saturated carbocycles. The van der Waals surface area contributed by atoms with E-state index >= 15 is 0 Å². The molecule has 0 radical (unpaired) electrons. The molecular formula is C15H24N2O4. The summed E-state index contributed by atoms with van der Waals surface area (Å²) in [6.45, 7) is 6.55. The Kier molecular flexibility index (Phi) is 6.94. The van der Waals surface area contributed by atoms with Crippen molar-refractivity contribution in [1.29, 1.82) is 0 Å². The predicted molar refractivity (Wildman–Crippen MR) is 78.8 cm³/mol. The molecule has 6 heteroatoms. The maximum atomic E-state index is 11.8. The van der Waals surface area contributed by atoms with Gasteiger partial charge in [-0.2, -0.15) is 0 Å². The van der Waals surface area contributed by atoms with Crippen LogP contribution in [0.2, 0.25) is 0 Å². The van der Waals surface area contributed by atoms with Crippen molar-refractivity contribution in [1.82, 2.24) is 10.3 Å². The molecule has 1 aromatic rings. The number of aromatic amines is 1. The molecule has 0 fully saturated rings. The molecule has 0 amide bonds. The first-order chi connectivity index (χ1) is 9.99. The fraction of sp³-hybridized carbons (Fsp3) is 0.600. The third kappa shape index (κ3) is 5.23. The zero-order chi connectivity index (χ0) is 15.8. The second kappa shape index (κ2) is 8.46. The molecule has 118 valence electrons. The Labute approximate surface area is 125 Å². The molecule has 0 aromatic carbocycles. The largest absolute Gasteiger partial charge is 0.468 e. The summed E-state index contributed by atoms with van der Waals surface area (Å²) in [7, 11) is 1.37. The van der Waals surface area contributed by atoms with Crippen LogP contribution in [0.25, 0.3) is 0 Å². The molecule has 21 heavy (non-hydrogen) atoms. The van der Waals surface area contributed by atoms with Crippen molar-refractivity contribution >= 4 is 11.9 Å². The van der Waals surface area contributed by atoms with Crippen LogP contribution in [0.5, 0.6) is 0 Å². The van der Waals surface area contributed by atoms with Gasteiger partial charge in [-0.1, -0.05) is 13.8 Å². The molecule has 0 saturated heterocycles. The molecule has 0 aliphatic carbocycles. The van der Waals surface area contributed by atoms with Crippen LogP contribution in [0.3, 0.4) is 0 Å². The van der Waals surface area contributed by atoms with E-state index in [1.165, 1.54) is 7.11 Å². The molecule has 0 unspecified atom stereocenters. The summed E-state index contributed by atoms with van der Waals surface area (Å²) in [6, 6.07) is 1.41. The molecule has 1 rings (SSSR count). The number of carbonyl (C=O) groups is 2. The number of nitrogens with one attached hydrogen (secondary N) is 2. The molecule has 1 heterocycles. The van der Waals surface area contributed by atoms with Gasteiger partial charge in [0.15, 0.2) is 0 Å². The van der Waals surface area contributed by atoms with Crippen LogP contribution in [-0.2, 0) is 20.8 Å². The Bertz CT molecular complexity index is 468. The van der Waals surface area contributed by atoms with Crippen molar-refractivity contribution in [2.24, 2.45) is 5.92 Å². The van der Waals surface area contributed by atoms with E-state index in [4.69, 9.17) is 9.47 Å². The summed E-state index contributed by atoms with van der Waals surface area (Å²) in [5, 5.41) is 3.14. The van der Waals surface area contributed by atoms with Gasteiger partial charge >= 0.3 is 11.9 Å². The fourth-order valence-corrected chi connectivity index (χ4v) is 2.05. The van der Waals surface area contributed by atoms with Gasteiger partial charge in [-0.25, -0.2) is 4.79 Å². The Hall–Kier alpha value is -1.82. The Morgan fingerprint density at radius 2 is 2.10 bits per heavy atom. The predicted octanol–water partition coefficient (Wildman–Crippen LogP) is 1.87. The number of rotatable bonds is 8. The van der Waals surface area contributed by atoms with Gasteiger partial charge in [0.1, 0.15) is 11.7 Å². The van der Waals surface area contributed by atoms with Crippen molar-refractivity contribution in [2.45, 2.75) is 39.8 Å². The highest BCUT2D eigenvalue weighted by molar-refractivity contribution is 5.89. The van der Waals surface area contributed by atoms with Gasteiger partial charge < -0.3 is 19.8 Å². The minimum Gasteiger partial charge on any atom is -0.468 e. The summed E-state index contributed by atoms with van der Waals surface area (Å²) >= 11 is 0. The van der Waals surface area contributed by atoms with Gasteiger partial charge in [0.25, 0.3) is 0 Å². The molecule has 0 aliphatic rings. The molecular weight excluding hydrogens is 272 g/mol. The zero-order valence-electron chi connectivity index (χ0n) is 13.1. The monoisotopic (exact) mass is 296 g/mol. The van der Waals surface area contributed by atoms with Gasteiger partial charge in [0.05, 0.1) is 13.7 Å². The van der Waals surface area contributed by atoms with E-state index in [0.717, 1.165) is 5.56 Å². The minimum absolute atomic E-state index is 0.295. The van der Waals surface area contributed by atoms with E-state index in [1.54, 1.807) is 19.2 Å². The SMILES string of the molecule is CCOC(=O)c1[nH]ccc1CN[C@@H](CC(C)C)C(=O)OC. The smallest absolute Gasteiger partial charge is 0.355 e. The lowest BCUT2D eigenvalue weighted by Gasteiger charge is -2.18. The van der Waals surface area contributed by atoms with Gasteiger partial charge in [0.2, 0.25) is 0 Å². The lowest BCUT2D eigenvalue weighted by molar-refractivity contribution is -0.143. The van der Waals surface area contributed by atoms with Crippen LogP contribution in [0.15, 0.2) is 12.3 Å². The van der Waals surface area contributed by atoms with E-state index in [9.17, 15) is 9.59 Å². The zero-order valence-corrected chi connectivity index (χ0v) is 13.1. The second-order valence-electron chi connectivity index (χ2n) is 5.18. The Morgan fingerprint density at radius 1 is 1.38 bits per heavy atom. The Morgan fingerprint density at radius 3 is 2.67 bits per heavy atom. The Balaban J connectivity index is 2.70. The standard InChI is InChI=1S/C15H24N2O4/c1-5-21-15(19)13-11(6-7-16-13)9-17-12(8-10(2)3)14(18)20-4/h6-7,10,12,16-17H,5,8-9H2,1-4H3/t12-/m0/s1. The quantitative estimate of drug-likeness (QED) is 0.716. The summed E-state index contributed by atoms with van der Waals surface area (Å²) in [6.07, 6.45) is 2.35. The molecule has 0 spiro atoms. The van der Waals surface area contributed by atoms with Crippen molar-refractivity contribution in [3.05, 3.63) is 23.5 Å². The van der Waals surface area contributed by atoms with Crippen LogP contribution in [0.1, 0.15) is 43.2 Å². The summed E-state index contributed by atoms with van der Waals surface area (Å²) in [5.41, 5.74) is 1.18. The number of hydrogen-bond donors (Lipinski definition) is 2. The van der Waals surface area contributed by atoms with Crippen LogP contribution >= 0.6 is 0 Å². The second-order valence-corrected chi connectivity index (χ2v) is 5.18. The number of esters is 2. The van der Waals surface area contributed by atoms with E-state index in [1.807, 2.05) is 13.8 Å². The van der Waals surface area contributed by atoms with Crippen LogP contribution in [0.4, 0.5) is 0 Å². The van der Waals surface area contributed by atoms with Crippen molar-refractivity contribution in [3.8, 4) is 0 Å². The normalized spacial score (nSPS) is 12.2. The van der Waals surface area contributed by atoms with Crippen LogP contribution in [-0.4, -0.2) is 36.7 Å². The van der Waals surface area contributed by atoms with Crippen molar-refractivity contribution in [2.75, 3.05) is 13.7 Å². The highest BCUT2D eigenvalue weighted by atomic mass is 16.5. The third-order valence-corrected chi connectivity index (χ3v) is 3.04. The van der Waals surface area contributed by atoms with Crippen LogP contribution < -0.4 is 5.32 Å². The molecule has 0 bridgehead atoms. The number of aromatic nitrogens is 1. The maximum Gasteiger partial charge on any atom is 0.355 e.